The van der Waals surface area contributed by atoms with E-state index in [-0.39, 0.29) is 17.4 Å². The molecule has 0 radical (unpaired) electrons. The van der Waals surface area contributed by atoms with E-state index < -0.39 is 15.7 Å². The number of sulfone groups is 1. The number of aromatic amines is 1. The maximum absolute atomic E-state index is 12.2. The number of H-pyrrole nitrogens is 1. The van der Waals surface area contributed by atoms with Crippen LogP contribution in [-0.4, -0.2) is 48.8 Å². The average molecular weight is 472 g/mol. The molecule has 2 aliphatic heterocycles. The number of nitrogens with two attached hydrogens (primary N) is 1. The standard InChI is InChI=1S/C24H29N3O3S2/c25-24(28)21-11-17(18-9-19(31-14-18)13-27-6-3-1-2-4-7-27)10-20-22(12-26-23(20)21)16-5-8-32(29,30)15-16/h9-12,14,16,26H,1-8,13,15H2,(H2,25,28). The zero-order valence-electron chi connectivity index (χ0n) is 18.1. The van der Waals surface area contributed by atoms with E-state index in [0.29, 0.717) is 17.5 Å². The minimum atomic E-state index is -3.00. The van der Waals surface area contributed by atoms with Crippen LogP contribution in [0.15, 0.2) is 29.8 Å². The van der Waals surface area contributed by atoms with Gasteiger partial charge in [0.25, 0.3) is 5.91 Å². The predicted molar refractivity (Wildman–Crippen MR) is 130 cm³/mol. The Balaban J connectivity index is 1.49. The summed E-state index contributed by atoms with van der Waals surface area (Å²) in [6.07, 6.45) is 7.65. The lowest BCUT2D eigenvalue weighted by Gasteiger charge is -2.18. The Labute approximate surface area is 192 Å². The lowest BCUT2D eigenvalue weighted by atomic mass is 9.94. The topological polar surface area (TPSA) is 96.3 Å². The molecule has 8 heteroatoms. The Hall–Kier alpha value is -2.16. The number of fused-ring (bicyclic) bond motifs is 1. The van der Waals surface area contributed by atoms with Gasteiger partial charge < -0.3 is 10.7 Å². The van der Waals surface area contributed by atoms with E-state index in [9.17, 15) is 13.2 Å². The van der Waals surface area contributed by atoms with Gasteiger partial charge >= 0.3 is 0 Å². The summed E-state index contributed by atoms with van der Waals surface area (Å²) in [5, 5.41) is 3.05. The largest absolute Gasteiger partial charge is 0.366 e. The molecular formula is C24H29N3O3S2. The number of aromatic nitrogens is 1. The Morgan fingerprint density at radius 1 is 1.12 bits per heavy atom. The molecule has 2 saturated heterocycles. The summed E-state index contributed by atoms with van der Waals surface area (Å²) in [5.74, 6) is -0.152. The second-order valence-electron chi connectivity index (χ2n) is 9.15. The van der Waals surface area contributed by atoms with Crippen LogP contribution in [0.2, 0.25) is 0 Å². The van der Waals surface area contributed by atoms with Gasteiger partial charge in [-0.15, -0.1) is 11.3 Å². The second-order valence-corrected chi connectivity index (χ2v) is 12.4. The lowest BCUT2D eigenvalue weighted by Crippen LogP contribution is -2.23. The minimum Gasteiger partial charge on any atom is -0.366 e. The fourth-order valence-electron chi connectivity index (χ4n) is 5.12. The van der Waals surface area contributed by atoms with Gasteiger partial charge in [-0.25, -0.2) is 8.42 Å². The Bertz CT molecular complexity index is 1250. The van der Waals surface area contributed by atoms with E-state index in [1.54, 1.807) is 11.3 Å². The fraction of sp³-hybridized carbons (Fsp3) is 0.458. The van der Waals surface area contributed by atoms with E-state index in [4.69, 9.17) is 5.73 Å². The highest BCUT2D eigenvalue weighted by molar-refractivity contribution is 7.91. The van der Waals surface area contributed by atoms with Crippen LogP contribution in [0.1, 0.15) is 58.8 Å². The number of nitrogens with one attached hydrogen (secondary N) is 1. The number of hydrogen-bond donors (Lipinski definition) is 2. The van der Waals surface area contributed by atoms with Crippen molar-refractivity contribution in [2.24, 2.45) is 5.73 Å². The number of likely N-dealkylation sites (tertiary alicyclic amines) is 1. The van der Waals surface area contributed by atoms with Crippen LogP contribution in [0.25, 0.3) is 22.0 Å². The van der Waals surface area contributed by atoms with Gasteiger partial charge in [0.2, 0.25) is 0 Å². The quantitative estimate of drug-likeness (QED) is 0.581. The van der Waals surface area contributed by atoms with Crippen LogP contribution < -0.4 is 5.73 Å². The third-order valence-corrected chi connectivity index (χ3v) is 9.51. The molecule has 2 aliphatic rings. The average Bonchev–Trinajstić information content (AvgIpc) is 3.42. The van der Waals surface area contributed by atoms with Gasteiger partial charge in [0.05, 0.1) is 22.6 Å². The number of primary amides is 1. The van der Waals surface area contributed by atoms with Crippen LogP contribution in [-0.2, 0) is 16.4 Å². The van der Waals surface area contributed by atoms with Crippen LogP contribution in [0.4, 0.5) is 0 Å². The molecule has 0 saturated carbocycles. The van der Waals surface area contributed by atoms with Gasteiger partial charge in [-0.3, -0.25) is 9.69 Å². The van der Waals surface area contributed by atoms with Gasteiger partial charge in [0.15, 0.2) is 9.84 Å². The number of carbonyl (C=O) groups is 1. The molecule has 1 aromatic carbocycles. The van der Waals surface area contributed by atoms with Crippen molar-refractivity contribution >= 4 is 38.0 Å². The van der Waals surface area contributed by atoms with E-state index in [2.05, 4.69) is 27.4 Å². The van der Waals surface area contributed by atoms with Crippen molar-refractivity contribution in [1.82, 2.24) is 9.88 Å². The van der Waals surface area contributed by atoms with Crippen molar-refractivity contribution in [3.8, 4) is 11.1 Å². The Kier molecular flexibility index (Phi) is 5.86. The van der Waals surface area contributed by atoms with Crippen molar-refractivity contribution < 1.29 is 13.2 Å². The zero-order chi connectivity index (χ0) is 22.3. The molecule has 1 amide bonds. The molecule has 1 unspecified atom stereocenters. The highest BCUT2D eigenvalue weighted by Gasteiger charge is 2.31. The van der Waals surface area contributed by atoms with Gasteiger partial charge in [0, 0.05) is 28.9 Å². The molecular weight excluding hydrogens is 442 g/mol. The second kappa shape index (κ2) is 8.65. The number of carbonyl (C=O) groups excluding carboxylic acids is 1. The Morgan fingerprint density at radius 3 is 2.59 bits per heavy atom. The first kappa shape index (κ1) is 21.7. The number of thiophene rings is 1. The number of amides is 1. The molecule has 2 fully saturated rings. The van der Waals surface area contributed by atoms with E-state index in [1.807, 2.05) is 12.3 Å². The van der Waals surface area contributed by atoms with Crippen LogP contribution in [0.3, 0.4) is 0 Å². The van der Waals surface area contributed by atoms with Gasteiger partial charge in [-0.1, -0.05) is 12.8 Å². The maximum atomic E-state index is 12.2. The van der Waals surface area contributed by atoms with E-state index >= 15 is 0 Å². The molecule has 5 rings (SSSR count). The molecule has 3 N–H and O–H groups in total. The van der Waals surface area contributed by atoms with Gasteiger partial charge in [-0.05, 0) is 72.6 Å². The summed E-state index contributed by atoms with van der Waals surface area (Å²) >= 11 is 1.75. The summed E-state index contributed by atoms with van der Waals surface area (Å²) < 4.78 is 24.1. The third-order valence-electron chi connectivity index (χ3n) is 6.82. The van der Waals surface area contributed by atoms with Gasteiger partial charge in [0.1, 0.15) is 0 Å². The number of benzene rings is 1. The van der Waals surface area contributed by atoms with E-state index in [1.165, 1.54) is 30.6 Å². The fourth-order valence-corrected chi connectivity index (χ4v) is 7.83. The summed E-state index contributed by atoms with van der Waals surface area (Å²) in [4.78, 5) is 19.3. The SMILES string of the molecule is NC(=O)c1cc(-c2csc(CN3CCCCCC3)c2)cc2c(C3CCS(=O)(=O)C3)c[nH]c12. The molecule has 0 aliphatic carbocycles. The van der Waals surface area contributed by atoms with Crippen LogP contribution in [0, 0.1) is 0 Å². The maximum Gasteiger partial charge on any atom is 0.250 e. The smallest absolute Gasteiger partial charge is 0.250 e. The summed E-state index contributed by atoms with van der Waals surface area (Å²) in [6, 6.07) is 6.15. The summed E-state index contributed by atoms with van der Waals surface area (Å²) in [7, 11) is -3.00. The molecule has 1 atom stereocenters. The number of hydrogen-bond acceptors (Lipinski definition) is 5. The molecule has 2 aromatic heterocycles. The van der Waals surface area contributed by atoms with Crippen LogP contribution in [0.5, 0.6) is 0 Å². The first-order chi connectivity index (χ1) is 15.4. The number of nitrogens with zero attached hydrogens (tertiary/aromatic N) is 1. The predicted octanol–water partition coefficient (Wildman–Crippen LogP) is 4.27. The zero-order valence-corrected chi connectivity index (χ0v) is 19.7. The first-order valence-electron chi connectivity index (χ1n) is 11.3. The molecule has 3 aromatic rings. The van der Waals surface area contributed by atoms with Crippen molar-refractivity contribution in [2.45, 2.75) is 44.6 Å². The summed E-state index contributed by atoms with van der Waals surface area (Å²) in [6.45, 7) is 3.27. The molecule has 0 spiro atoms. The first-order valence-corrected chi connectivity index (χ1v) is 14.0. The molecule has 170 valence electrons. The molecule has 4 heterocycles. The van der Waals surface area contributed by atoms with E-state index in [0.717, 1.165) is 41.7 Å². The highest BCUT2D eigenvalue weighted by Crippen LogP contribution is 2.38. The van der Waals surface area contributed by atoms with Crippen LogP contribution >= 0.6 is 11.3 Å². The van der Waals surface area contributed by atoms with Crippen molar-refractivity contribution in [2.75, 3.05) is 24.6 Å². The highest BCUT2D eigenvalue weighted by atomic mass is 32.2. The van der Waals surface area contributed by atoms with Gasteiger partial charge in [-0.2, -0.15) is 0 Å². The molecule has 0 bridgehead atoms. The monoisotopic (exact) mass is 471 g/mol. The van der Waals surface area contributed by atoms with Crippen molar-refractivity contribution in [3.63, 3.8) is 0 Å². The normalized spacial score (nSPS) is 21.7. The Morgan fingerprint density at radius 2 is 1.91 bits per heavy atom. The molecule has 6 nitrogen and oxygen atoms in total. The number of rotatable bonds is 5. The van der Waals surface area contributed by atoms with Crippen molar-refractivity contribution in [1.29, 1.82) is 0 Å². The van der Waals surface area contributed by atoms with Crippen molar-refractivity contribution in [3.05, 3.63) is 45.8 Å². The summed E-state index contributed by atoms with van der Waals surface area (Å²) in [5.41, 5.74) is 9.85. The lowest BCUT2D eigenvalue weighted by molar-refractivity contribution is 0.100. The molecule has 32 heavy (non-hydrogen) atoms. The third kappa shape index (κ3) is 4.36. The minimum absolute atomic E-state index is 0.0502.